The van der Waals surface area contributed by atoms with Crippen LogP contribution in [0, 0.1) is 20.8 Å². The second kappa shape index (κ2) is 5.72. The molecule has 1 saturated heterocycles. The van der Waals surface area contributed by atoms with E-state index >= 15 is 0 Å². The Morgan fingerprint density at radius 1 is 1.33 bits per heavy atom. The summed E-state index contributed by atoms with van der Waals surface area (Å²) in [7, 11) is 1.76. The van der Waals surface area contributed by atoms with Crippen LogP contribution in [-0.4, -0.2) is 32.9 Å². The Morgan fingerprint density at radius 3 is 2.72 bits per heavy atom. The lowest BCUT2D eigenvalue weighted by Crippen LogP contribution is -2.42. The monoisotopic (exact) mass is 249 g/mol. The molecule has 0 aromatic heterocycles. The van der Waals surface area contributed by atoms with Gasteiger partial charge in [0.15, 0.2) is 0 Å². The van der Waals surface area contributed by atoms with E-state index in [1.807, 2.05) is 0 Å². The van der Waals surface area contributed by atoms with Crippen LogP contribution < -0.4 is 10.1 Å². The van der Waals surface area contributed by atoms with Crippen LogP contribution in [0.1, 0.15) is 22.3 Å². The van der Waals surface area contributed by atoms with Gasteiger partial charge in [0, 0.05) is 12.6 Å². The Hall–Kier alpha value is -1.06. The maximum atomic E-state index is 5.61. The van der Waals surface area contributed by atoms with Crippen LogP contribution in [0.15, 0.2) is 6.07 Å². The van der Waals surface area contributed by atoms with E-state index in [1.165, 1.54) is 22.3 Å². The minimum atomic E-state index is 0.397. The van der Waals surface area contributed by atoms with Crippen LogP contribution in [0.5, 0.6) is 5.75 Å². The van der Waals surface area contributed by atoms with Gasteiger partial charge in [0.25, 0.3) is 0 Å². The van der Waals surface area contributed by atoms with E-state index in [-0.39, 0.29) is 0 Å². The number of nitrogens with one attached hydrogen (secondary N) is 1. The average molecular weight is 249 g/mol. The van der Waals surface area contributed by atoms with Gasteiger partial charge in [-0.05, 0) is 49.4 Å². The van der Waals surface area contributed by atoms with Gasteiger partial charge in [-0.2, -0.15) is 0 Å². The third kappa shape index (κ3) is 2.68. The molecule has 1 atom stereocenters. The lowest BCUT2D eigenvalue weighted by Gasteiger charge is -2.26. The molecular formula is C15H23NO2. The van der Waals surface area contributed by atoms with E-state index in [9.17, 15) is 0 Å². The highest BCUT2D eigenvalue weighted by Gasteiger charge is 2.19. The molecular weight excluding hydrogens is 226 g/mol. The summed E-state index contributed by atoms with van der Waals surface area (Å²) >= 11 is 0. The molecule has 1 aromatic carbocycles. The van der Waals surface area contributed by atoms with Crippen molar-refractivity contribution in [1.82, 2.24) is 5.32 Å². The zero-order valence-electron chi connectivity index (χ0n) is 11.8. The van der Waals surface area contributed by atoms with Gasteiger partial charge in [-0.3, -0.25) is 0 Å². The summed E-state index contributed by atoms with van der Waals surface area (Å²) in [5.41, 5.74) is 5.15. The number of ether oxygens (including phenoxy) is 2. The molecule has 0 aliphatic carbocycles. The molecule has 1 aliphatic heterocycles. The van der Waals surface area contributed by atoms with E-state index in [2.05, 4.69) is 32.2 Å². The third-order valence-electron chi connectivity index (χ3n) is 3.77. The fraction of sp³-hybridized carbons (Fsp3) is 0.600. The van der Waals surface area contributed by atoms with Crippen LogP contribution in [0.3, 0.4) is 0 Å². The van der Waals surface area contributed by atoms with Crippen LogP contribution >= 0.6 is 0 Å². The number of methoxy groups -OCH3 is 1. The first-order chi connectivity index (χ1) is 8.63. The van der Waals surface area contributed by atoms with E-state index in [0.29, 0.717) is 6.04 Å². The Kier molecular flexibility index (Phi) is 4.25. The number of hydrogen-bond acceptors (Lipinski definition) is 3. The van der Waals surface area contributed by atoms with E-state index in [4.69, 9.17) is 9.47 Å². The molecule has 1 aromatic rings. The fourth-order valence-electron chi connectivity index (χ4n) is 2.63. The number of morpholine rings is 1. The van der Waals surface area contributed by atoms with Gasteiger partial charge in [0.2, 0.25) is 0 Å². The molecule has 0 saturated carbocycles. The second-order valence-corrected chi connectivity index (χ2v) is 5.08. The quantitative estimate of drug-likeness (QED) is 0.890. The molecule has 2 rings (SSSR count). The summed E-state index contributed by atoms with van der Waals surface area (Å²) in [4.78, 5) is 0. The summed E-state index contributed by atoms with van der Waals surface area (Å²) in [6, 6.07) is 2.64. The molecule has 0 spiro atoms. The van der Waals surface area contributed by atoms with Crippen molar-refractivity contribution in [3.63, 3.8) is 0 Å². The van der Waals surface area contributed by atoms with Crippen molar-refractivity contribution in [1.29, 1.82) is 0 Å². The SMILES string of the molecule is COc1c(C)c(C)cc(C)c1CC1COCCN1. The molecule has 18 heavy (non-hydrogen) atoms. The van der Waals surface area contributed by atoms with Crippen molar-refractivity contribution in [2.24, 2.45) is 0 Å². The molecule has 3 nitrogen and oxygen atoms in total. The molecule has 1 heterocycles. The van der Waals surface area contributed by atoms with Crippen molar-refractivity contribution in [3.8, 4) is 5.75 Å². The zero-order chi connectivity index (χ0) is 13.1. The molecule has 1 fully saturated rings. The molecule has 3 heteroatoms. The van der Waals surface area contributed by atoms with Gasteiger partial charge in [0.1, 0.15) is 5.75 Å². The van der Waals surface area contributed by atoms with Crippen LogP contribution in [0.4, 0.5) is 0 Å². The standard InChI is InChI=1S/C15H23NO2/c1-10-7-11(2)14(15(17-4)12(10)3)8-13-9-18-6-5-16-13/h7,13,16H,5-6,8-9H2,1-4H3. The van der Waals surface area contributed by atoms with Gasteiger partial charge >= 0.3 is 0 Å². The first-order valence-electron chi connectivity index (χ1n) is 6.58. The minimum absolute atomic E-state index is 0.397. The van der Waals surface area contributed by atoms with E-state index < -0.39 is 0 Å². The van der Waals surface area contributed by atoms with Crippen molar-refractivity contribution >= 4 is 0 Å². The predicted octanol–water partition coefficient (Wildman–Crippen LogP) is 2.15. The Morgan fingerprint density at radius 2 is 2.11 bits per heavy atom. The Bertz CT molecular complexity index is 423. The van der Waals surface area contributed by atoms with Crippen LogP contribution in [0.25, 0.3) is 0 Å². The third-order valence-corrected chi connectivity index (χ3v) is 3.77. The number of rotatable bonds is 3. The fourth-order valence-corrected chi connectivity index (χ4v) is 2.63. The normalized spacial score (nSPS) is 19.9. The molecule has 1 aliphatic rings. The molecule has 100 valence electrons. The summed E-state index contributed by atoms with van der Waals surface area (Å²) in [5.74, 6) is 1.04. The molecule has 0 radical (unpaired) electrons. The van der Waals surface area contributed by atoms with Crippen molar-refractivity contribution in [2.75, 3.05) is 26.9 Å². The topological polar surface area (TPSA) is 30.5 Å². The van der Waals surface area contributed by atoms with Gasteiger partial charge in [-0.15, -0.1) is 0 Å². The van der Waals surface area contributed by atoms with Crippen LogP contribution in [0.2, 0.25) is 0 Å². The zero-order valence-corrected chi connectivity index (χ0v) is 11.8. The highest BCUT2D eigenvalue weighted by Crippen LogP contribution is 2.30. The Labute approximate surface area is 109 Å². The first-order valence-corrected chi connectivity index (χ1v) is 6.58. The summed E-state index contributed by atoms with van der Waals surface area (Å²) in [6.07, 6.45) is 0.968. The highest BCUT2D eigenvalue weighted by molar-refractivity contribution is 5.50. The van der Waals surface area contributed by atoms with E-state index in [1.54, 1.807) is 7.11 Å². The first kappa shape index (κ1) is 13.4. The maximum absolute atomic E-state index is 5.61. The minimum Gasteiger partial charge on any atom is -0.496 e. The lowest BCUT2D eigenvalue weighted by molar-refractivity contribution is 0.0768. The van der Waals surface area contributed by atoms with Gasteiger partial charge in [-0.25, -0.2) is 0 Å². The van der Waals surface area contributed by atoms with Crippen molar-refractivity contribution in [3.05, 3.63) is 28.3 Å². The average Bonchev–Trinajstić information content (AvgIpc) is 2.37. The summed E-state index contributed by atoms with van der Waals surface area (Å²) < 4.78 is 11.1. The largest absolute Gasteiger partial charge is 0.496 e. The second-order valence-electron chi connectivity index (χ2n) is 5.08. The Balaban J connectivity index is 2.28. The van der Waals surface area contributed by atoms with Crippen LogP contribution in [-0.2, 0) is 11.2 Å². The maximum Gasteiger partial charge on any atom is 0.125 e. The van der Waals surface area contributed by atoms with E-state index in [0.717, 1.165) is 31.9 Å². The van der Waals surface area contributed by atoms with Gasteiger partial charge in [0.05, 0.1) is 20.3 Å². The van der Waals surface area contributed by atoms with Gasteiger partial charge < -0.3 is 14.8 Å². The van der Waals surface area contributed by atoms with Gasteiger partial charge in [-0.1, -0.05) is 6.07 Å². The smallest absolute Gasteiger partial charge is 0.125 e. The van der Waals surface area contributed by atoms with Crippen molar-refractivity contribution < 1.29 is 9.47 Å². The number of aryl methyl sites for hydroxylation is 2. The lowest BCUT2D eigenvalue weighted by atomic mass is 9.94. The number of hydrogen-bond donors (Lipinski definition) is 1. The molecule has 0 amide bonds. The molecule has 1 unspecified atom stereocenters. The summed E-state index contributed by atoms with van der Waals surface area (Å²) in [5, 5.41) is 3.50. The number of benzene rings is 1. The molecule has 1 N–H and O–H groups in total. The highest BCUT2D eigenvalue weighted by atomic mass is 16.5. The van der Waals surface area contributed by atoms with Crippen molar-refractivity contribution in [2.45, 2.75) is 33.2 Å². The summed E-state index contributed by atoms with van der Waals surface area (Å²) in [6.45, 7) is 8.97. The molecule has 0 bridgehead atoms. The predicted molar refractivity (Wildman–Crippen MR) is 73.5 cm³/mol.